The molecule has 0 aliphatic rings. The minimum absolute atomic E-state index is 0.00125. The molecule has 0 bridgehead atoms. The van der Waals surface area contributed by atoms with E-state index in [0.717, 1.165) is 10.9 Å². The number of hydrogen-bond donors (Lipinski definition) is 2. The second-order valence-electron chi connectivity index (χ2n) is 4.14. The van der Waals surface area contributed by atoms with Crippen molar-refractivity contribution in [3.8, 4) is 0 Å². The van der Waals surface area contributed by atoms with Gasteiger partial charge in [0.05, 0.1) is 0 Å². The third-order valence-corrected chi connectivity index (χ3v) is 5.84. The van der Waals surface area contributed by atoms with E-state index in [9.17, 15) is 10.4 Å². The zero-order chi connectivity index (χ0) is 15.0. The number of hydrogen-bond acceptors (Lipinski definition) is 4. The van der Waals surface area contributed by atoms with E-state index in [1.54, 1.807) is 12.1 Å². The Bertz CT molecular complexity index is 383. The number of ether oxygens (including phenoxy) is 2. The summed E-state index contributed by atoms with van der Waals surface area (Å²) in [5.41, 5.74) is 0.387. The number of benzene rings is 1. The molecule has 0 aromatic heterocycles. The van der Waals surface area contributed by atoms with Crippen LogP contribution in [0.1, 0.15) is 27.2 Å². The van der Waals surface area contributed by atoms with E-state index in [2.05, 4.69) is 6.92 Å². The van der Waals surface area contributed by atoms with Crippen LogP contribution in [0.4, 0.5) is 5.69 Å². The van der Waals surface area contributed by atoms with E-state index in [0.29, 0.717) is 18.9 Å². The number of rotatable bonds is 9. The number of nitrogens with one attached hydrogen (secondary N) is 1. The van der Waals surface area contributed by atoms with Crippen LogP contribution >= 0.6 is 0 Å². The Labute approximate surface area is 126 Å². The first-order chi connectivity index (χ1) is 9.63. The predicted molar refractivity (Wildman–Crippen MR) is 78.7 cm³/mol. The molecule has 1 rings (SSSR count). The van der Waals surface area contributed by atoms with Gasteiger partial charge in [0.2, 0.25) is 0 Å². The summed E-state index contributed by atoms with van der Waals surface area (Å²) < 4.78 is 12.2. The average Bonchev–Trinajstić information content (AvgIpc) is 2.45. The van der Waals surface area contributed by atoms with E-state index in [1.165, 1.54) is 0 Å². The quantitative estimate of drug-likeness (QED) is 0.397. The molecule has 0 fully saturated rings. The third kappa shape index (κ3) is 5.14. The van der Waals surface area contributed by atoms with Gasteiger partial charge < -0.3 is 0 Å². The van der Waals surface area contributed by atoms with E-state index < -0.39 is 5.23 Å². The molecule has 0 saturated carbocycles. The van der Waals surface area contributed by atoms with Crippen LogP contribution in [0, 0.1) is 5.21 Å². The summed E-state index contributed by atoms with van der Waals surface area (Å²) >= 11 is -0.00125. The van der Waals surface area contributed by atoms with Crippen molar-refractivity contribution < 1.29 is 19.9 Å². The maximum absolute atomic E-state index is 11.3. The Kier molecular flexibility index (Phi) is 8.33. The molecular formula is C14H23NO4Se. The van der Waals surface area contributed by atoms with Gasteiger partial charge in [0, 0.05) is 0 Å². The van der Waals surface area contributed by atoms with Crippen molar-refractivity contribution in [2.45, 2.75) is 38.3 Å². The van der Waals surface area contributed by atoms with E-state index >= 15 is 0 Å². The Morgan fingerprint density at radius 2 is 1.80 bits per heavy atom. The molecule has 1 aromatic rings. The molecule has 0 heterocycles. The van der Waals surface area contributed by atoms with Crippen molar-refractivity contribution in [3.63, 3.8) is 0 Å². The molecule has 0 spiro atoms. The third-order valence-electron chi connectivity index (χ3n) is 2.76. The first-order valence-corrected chi connectivity index (χ1v) is 8.70. The van der Waals surface area contributed by atoms with Crippen molar-refractivity contribution >= 4 is 25.1 Å². The van der Waals surface area contributed by atoms with Gasteiger partial charge in [-0.05, 0) is 0 Å². The molecule has 5 nitrogen and oxygen atoms in total. The summed E-state index contributed by atoms with van der Waals surface area (Å²) in [4.78, 5) is 0.211. The Morgan fingerprint density at radius 1 is 1.20 bits per heavy atom. The van der Waals surface area contributed by atoms with Gasteiger partial charge in [0.25, 0.3) is 0 Å². The van der Waals surface area contributed by atoms with Gasteiger partial charge in [0.1, 0.15) is 0 Å². The van der Waals surface area contributed by atoms with E-state index in [1.807, 2.05) is 26.0 Å². The van der Waals surface area contributed by atoms with E-state index in [4.69, 9.17) is 9.47 Å². The summed E-state index contributed by atoms with van der Waals surface area (Å²) in [6, 6.07) is 7.18. The topological polar surface area (TPSA) is 66.2 Å². The standard InChI is InChI=1S/C14H23NO4Se/c1-4-12(14(18-5-2)19-6-3)20-13-10-8-7-9-11(13)15(16)17/h7-10,12,14-16H,4-6H2,1-3H3. The molecule has 2 unspecified atom stereocenters. The summed E-state index contributed by atoms with van der Waals surface area (Å²) in [7, 11) is 0. The molecule has 20 heavy (non-hydrogen) atoms. The molecule has 1 aromatic carbocycles. The van der Waals surface area contributed by atoms with Crippen LogP contribution in [0.3, 0.4) is 0 Å². The minimum atomic E-state index is -0.873. The monoisotopic (exact) mass is 349 g/mol. The van der Waals surface area contributed by atoms with Gasteiger partial charge in [-0.25, -0.2) is 0 Å². The Morgan fingerprint density at radius 3 is 2.30 bits per heavy atom. The molecule has 0 aliphatic carbocycles. The summed E-state index contributed by atoms with van der Waals surface area (Å²) in [6.07, 6.45) is 0.648. The van der Waals surface area contributed by atoms with Crippen LogP contribution in [-0.2, 0) is 9.47 Å². The van der Waals surface area contributed by atoms with E-state index in [-0.39, 0.29) is 26.1 Å². The van der Waals surface area contributed by atoms with Gasteiger partial charge in [-0.15, -0.1) is 0 Å². The van der Waals surface area contributed by atoms with Crippen molar-refractivity contribution in [2.24, 2.45) is 0 Å². The summed E-state index contributed by atoms with van der Waals surface area (Å²) in [6.45, 7) is 7.16. The first-order valence-electron chi connectivity index (χ1n) is 6.86. The SMILES string of the molecule is CCOC(OCC)C(CC)[Se]c1ccccc1[NH+]([O-])O. The predicted octanol–water partition coefficient (Wildman–Crippen LogP) is 1.02. The van der Waals surface area contributed by atoms with Crippen LogP contribution in [0.25, 0.3) is 0 Å². The fourth-order valence-corrected chi connectivity index (χ4v) is 4.35. The molecule has 114 valence electrons. The zero-order valence-corrected chi connectivity index (χ0v) is 13.9. The van der Waals surface area contributed by atoms with Crippen molar-refractivity contribution in [1.82, 2.24) is 0 Å². The molecule has 0 radical (unpaired) electrons. The van der Waals surface area contributed by atoms with Gasteiger partial charge in [-0.2, -0.15) is 0 Å². The van der Waals surface area contributed by atoms with Crippen LogP contribution in [0.15, 0.2) is 24.3 Å². The second-order valence-corrected chi connectivity index (χ2v) is 6.83. The fourth-order valence-electron chi connectivity index (χ4n) is 1.83. The molecule has 6 heteroatoms. The Hall–Kier alpha value is -0.461. The molecule has 0 aliphatic heterocycles. The maximum atomic E-state index is 11.3. The molecule has 0 amide bonds. The molecule has 0 saturated heterocycles. The van der Waals surface area contributed by atoms with Crippen LogP contribution < -0.4 is 9.69 Å². The fraction of sp³-hybridized carbons (Fsp3) is 0.571. The first kappa shape index (κ1) is 17.6. The van der Waals surface area contributed by atoms with Crippen LogP contribution in [0.5, 0.6) is 0 Å². The van der Waals surface area contributed by atoms with Crippen molar-refractivity contribution in [1.29, 1.82) is 0 Å². The average molecular weight is 348 g/mol. The van der Waals surface area contributed by atoms with Gasteiger partial charge in [-0.1, -0.05) is 0 Å². The number of quaternary nitrogens is 1. The normalized spacial score (nSPS) is 14.5. The van der Waals surface area contributed by atoms with Gasteiger partial charge in [0.15, 0.2) is 0 Å². The van der Waals surface area contributed by atoms with Crippen LogP contribution in [-0.4, -0.2) is 39.7 Å². The summed E-state index contributed by atoms with van der Waals surface area (Å²) in [5, 5.41) is 19.6. The van der Waals surface area contributed by atoms with Crippen molar-refractivity contribution in [2.75, 3.05) is 13.2 Å². The molecule has 2 N–H and O–H groups in total. The van der Waals surface area contributed by atoms with Gasteiger partial charge >= 0.3 is 126 Å². The van der Waals surface area contributed by atoms with Crippen LogP contribution in [0.2, 0.25) is 4.82 Å². The Balaban J connectivity index is 2.86. The van der Waals surface area contributed by atoms with Crippen molar-refractivity contribution in [3.05, 3.63) is 29.5 Å². The zero-order valence-electron chi connectivity index (χ0n) is 12.2. The summed E-state index contributed by atoms with van der Waals surface area (Å²) in [5.74, 6) is 0. The second kappa shape index (κ2) is 9.47. The molecular weight excluding hydrogens is 325 g/mol. The molecule has 2 atom stereocenters. The van der Waals surface area contributed by atoms with Gasteiger partial charge in [-0.3, -0.25) is 0 Å². The number of para-hydroxylation sites is 1.